The predicted molar refractivity (Wildman–Crippen MR) is 99.6 cm³/mol. The maximum absolute atomic E-state index is 12.8. The first-order valence-electron chi connectivity index (χ1n) is 10.3. The third-order valence-electron chi connectivity index (χ3n) is 7.27. The molecule has 6 heteroatoms. The molecule has 3 fully saturated rings. The van der Waals surface area contributed by atoms with Crippen molar-refractivity contribution in [1.29, 1.82) is 0 Å². The standard InChI is InChI=1S/C22H28F3NO2/c1-20(28)12-17(13-20)19(27)26-10-8-21(9-11-26)7-6-16(14-21)15-2-4-18(5-3-15)22(23,24)25/h2-5,16-17,28H,6-14H2,1H3. The van der Waals surface area contributed by atoms with Crippen LogP contribution in [0.1, 0.15) is 68.9 Å². The summed E-state index contributed by atoms with van der Waals surface area (Å²) in [7, 11) is 0. The van der Waals surface area contributed by atoms with Gasteiger partial charge < -0.3 is 10.0 Å². The van der Waals surface area contributed by atoms with Crippen molar-refractivity contribution in [3.63, 3.8) is 0 Å². The summed E-state index contributed by atoms with van der Waals surface area (Å²) >= 11 is 0. The zero-order valence-electron chi connectivity index (χ0n) is 16.3. The Balaban J connectivity index is 1.33. The van der Waals surface area contributed by atoms with Crippen molar-refractivity contribution in [3.8, 4) is 0 Å². The van der Waals surface area contributed by atoms with E-state index in [2.05, 4.69) is 0 Å². The molecule has 0 radical (unpaired) electrons. The van der Waals surface area contributed by atoms with Crippen LogP contribution in [-0.4, -0.2) is 34.6 Å². The molecule has 154 valence electrons. The van der Waals surface area contributed by atoms with Crippen LogP contribution in [0.2, 0.25) is 0 Å². The average Bonchev–Trinajstić information content (AvgIpc) is 3.03. The van der Waals surface area contributed by atoms with Crippen LogP contribution in [0, 0.1) is 11.3 Å². The van der Waals surface area contributed by atoms with Crippen LogP contribution in [0.15, 0.2) is 24.3 Å². The number of nitrogens with zero attached hydrogens (tertiary/aromatic N) is 1. The molecular weight excluding hydrogens is 367 g/mol. The Hall–Kier alpha value is -1.56. The van der Waals surface area contributed by atoms with E-state index < -0.39 is 17.3 Å². The Morgan fingerprint density at radius 2 is 1.68 bits per heavy atom. The molecule has 1 aliphatic heterocycles. The highest BCUT2D eigenvalue weighted by molar-refractivity contribution is 5.80. The summed E-state index contributed by atoms with van der Waals surface area (Å²) in [4.78, 5) is 14.5. The van der Waals surface area contributed by atoms with Gasteiger partial charge in [-0.3, -0.25) is 4.79 Å². The van der Waals surface area contributed by atoms with Crippen LogP contribution >= 0.6 is 0 Å². The van der Waals surface area contributed by atoms with E-state index in [1.807, 2.05) is 4.90 Å². The molecule has 2 saturated carbocycles. The number of rotatable bonds is 2. The van der Waals surface area contributed by atoms with Crippen molar-refractivity contribution in [2.45, 2.75) is 69.6 Å². The number of halogens is 3. The lowest BCUT2D eigenvalue weighted by Crippen LogP contribution is -2.52. The van der Waals surface area contributed by atoms with Crippen molar-refractivity contribution in [3.05, 3.63) is 35.4 Å². The molecule has 0 bridgehead atoms. The molecule has 1 heterocycles. The molecule has 1 amide bonds. The zero-order chi connectivity index (χ0) is 20.2. The first-order chi connectivity index (χ1) is 13.1. The summed E-state index contributed by atoms with van der Waals surface area (Å²) in [5, 5.41) is 9.86. The van der Waals surface area contributed by atoms with Crippen molar-refractivity contribution in [2.24, 2.45) is 11.3 Å². The molecule has 2 aliphatic carbocycles. The number of alkyl halides is 3. The Morgan fingerprint density at radius 1 is 1.07 bits per heavy atom. The Labute approximate surface area is 163 Å². The second-order valence-corrected chi connectivity index (χ2v) is 9.49. The van der Waals surface area contributed by atoms with Crippen LogP contribution in [0.3, 0.4) is 0 Å². The number of aliphatic hydroxyl groups is 1. The highest BCUT2D eigenvalue weighted by Gasteiger charge is 2.47. The topological polar surface area (TPSA) is 40.5 Å². The Kier molecular flexibility index (Phi) is 4.76. The van der Waals surface area contributed by atoms with E-state index in [1.165, 1.54) is 12.1 Å². The Morgan fingerprint density at radius 3 is 2.21 bits per heavy atom. The maximum Gasteiger partial charge on any atom is 0.416 e. The van der Waals surface area contributed by atoms with Crippen LogP contribution in [0.25, 0.3) is 0 Å². The minimum absolute atomic E-state index is 0.0347. The summed E-state index contributed by atoms with van der Waals surface area (Å²) in [6.45, 7) is 3.30. The van der Waals surface area contributed by atoms with E-state index in [1.54, 1.807) is 19.1 Å². The van der Waals surface area contributed by atoms with E-state index in [0.717, 1.165) is 50.8 Å². The van der Waals surface area contributed by atoms with Crippen molar-refractivity contribution >= 4 is 5.91 Å². The molecule has 1 unspecified atom stereocenters. The van der Waals surface area contributed by atoms with Crippen LogP contribution in [0.5, 0.6) is 0 Å². The van der Waals surface area contributed by atoms with E-state index in [9.17, 15) is 23.1 Å². The number of amides is 1. The quantitative estimate of drug-likeness (QED) is 0.786. The van der Waals surface area contributed by atoms with Gasteiger partial charge in [0.15, 0.2) is 0 Å². The van der Waals surface area contributed by atoms with E-state index in [4.69, 9.17) is 0 Å². The monoisotopic (exact) mass is 395 g/mol. The second-order valence-electron chi connectivity index (χ2n) is 9.49. The number of carbonyl (C=O) groups excluding carboxylic acids is 1. The van der Waals surface area contributed by atoms with Crippen molar-refractivity contribution < 1.29 is 23.1 Å². The van der Waals surface area contributed by atoms with Gasteiger partial charge >= 0.3 is 6.18 Å². The SMILES string of the molecule is CC1(O)CC(C(=O)N2CCC3(CCC(c4ccc(C(F)(F)F)cc4)C3)CC2)C1. The summed E-state index contributed by atoms with van der Waals surface area (Å²) < 4.78 is 38.3. The van der Waals surface area contributed by atoms with Gasteiger partial charge in [0.1, 0.15) is 0 Å². The third kappa shape index (κ3) is 3.80. The summed E-state index contributed by atoms with van der Waals surface area (Å²) in [5.41, 5.74) is -0.0572. The molecule has 1 aromatic rings. The molecule has 1 atom stereocenters. The van der Waals surface area contributed by atoms with Gasteiger partial charge in [-0.05, 0) is 80.9 Å². The smallest absolute Gasteiger partial charge is 0.390 e. The molecule has 3 nitrogen and oxygen atoms in total. The van der Waals surface area contributed by atoms with E-state index >= 15 is 0 Å². The summed E-state index contributed by atoms with van der Waals surface area (Å²) in [6.07, 6.45) is 1.86. The highest BCUT2D eigenvalue weighted by Crippen LogP contribution is 2.52. The van der Waals surface area contributed by atoms with Crippen molar-refractivity contribution in [2.75, 3.05) is 13.1 Å². The second kappa shape index (κ2) is 6.75. The van der Waals surface area contributed by atoms with E-state index in [-0.39, 0.29) is 17.2 Å². The molecule has 1 saturated heterocycles. The van der Waals surface area contributed by atoms with Gasteiger partial charge in [0, 0.05) is 19.0 Å². The molecule has 1 aromatic carbocycles. The number of hydrogen-bond donors (Lipinski definition) is 1. The molecule has 0 aromatic heterocycles. The number of benzene rings is 1. The van der Waals surface area contributed by atoms with Gasteiger partial charge in [0.2, 0.25) is 5.91 Å². The van der Waals surface area contributed by atoms with Crippen LogP contribution in [-0.2, 0) is 11.0 Å². The summed E-state index contributed by atoms with van der Waals surface area (Å²) in [5.74, 6) is 0.456. The van der Waals surface area contributed by atoms with Crippen LogP contribution in [0.4, 0.5) is 13.2 Å². The molecule has 1 N–H and O–H groups in total. The van der Waals surface area contributed by atoms with Gasteiger partial charge in [-0.15, -0.1) is 0 Å². The normalized spacial score (nSPS) is 32.4. The minimum Gasteiger partial charge on any atom is -0.390 e. The zero-order valence-corrected chi connectivity index (χ0v) is 16.3. The molecule has 1 spiro atoms. The first-order valence-corrected chi connectivity index (χ1v) is 10.3. The predicted octanol–water partition coefficient (Wildman–Crippen LogP) is 4.74. The first kappa shape index (κ1) is 19.7. The number of piperidine rings is 1. The highest BCUT2D eigenvalue weighted by atomic mass is 19.4. The van der Waals surface area contributed by atoms with Gasteiger partial charge in [0.05, 0.1) is 11.2 Å². The Bertz CT molecular complexity index is 725. The van der Waals surface area contributed by atoms with Crippen LogP contribution < -0.4 is 0 Å². The largest absolute Gasteiger partial charge is 0.416 e. The lowest BCUT2D eigenvalue weighted by Gasteiger charge is -2.45. The molecule has 4 rings (SSSR count). The third-order valence-corrected chi connectivity index (χ3v) is 7.27. The minimum atomic E-state index is -4.29. The number of likely N-dealkylation sites (tertiary alicyclic amines) is 1. The molecular formula is C22H28F3NO2. The fourth-order valence-corrected chi connectivity index (χ4v) is 5.53. The number of hydrogen-bond acceptors (Lipinski definition) is 2. The van der Waals surface area contributed by atoms with Gasteiger partial charge in [-0.2, -0.15) is 13.2 Å². The fraction of sp³-hybridized carbons (Fsp3) is 0.682. The van der Waals surface area contributed by atoms with E-state index in [0.29, 0.717) is 18.8 Å². The van der Waals surface area contributed by atoms with Gasteiger partial charge in [-0.25, -0.2) is 0 Å². The maximum atomic E-state index is 12.8. The lowest BCUT2D eigenvalue weighted by atomic mass is 9.70. The van der Waals surface area contributed by atoms with Gasteiger partial charge in [-0.1, -0.05) is 12.1 Å². The average molecular weight is 395 g/mol. The molecule has 3 aliphatic rings. The van der Waals surface area contributed by atoms with Crippen molar-refractivity contribution in [1.82, 2.24) is 4.90 Å². The summed E-state index contributed by atoms with van der Waals surface area (Å²) in [6, 6.07) is 5.64. The van der Waals surface area contributed by atoms with Gasteiger partial charge in [0.25, 0.3) is 0 Å². The molecule has 28 heavy (non-hydrogen) atoms. The number of carbonyl (C=O) groups is 1. The lowest BCUT2D eigenvalue weighted by molar-refractivity contribution is -0.151. The fourth-order valence-electron chi connectivity index (χ4n) is 5.53.